The molecule has 9 heteroatoms. The van der Waals surface area contributed by atoms with Crippen LogP contribution in [0.25, 0.3) is 0 Å². The van der Waals surface area contributed by atoms with Crippen LogP contribution in [0.2, 0.25) is 0 Å². The fourth-order valence-corrected chi connectivity index (χ4v) is 2.08. The predicted molar refractivity (Wildman–Crippen MR) is 59.9 cm³/mol. The molecule has 20 heavy (non-hydrogen) atoms. The van der Waals surface area contributed by atoms with E-state index in [9.17, 15) is 33.2 Å². The van der Waals surface area contributed by atoms with Gasteiger partial charge in [-0.05, 0) is 23.6 Å². The summed E-state index contributed by atoms with van der Waals surface area (Å²) in [6.45, 7) is -0.507. The van der Waals surface area contributed by atoms with E-state index in [0.29, 0.717) is 10.5 Å². The number of halogens is 3. The molecule has 1 amide bonds. The van der Waals surface area contributed by atoms with Gasteiger partial charge in [-0.25, -0.2) is 0 Å². The second kappa shape index (κ2) is 4.66. The van der Waals surface area contributed by atoms with Crippen molar-refractivity contribution in [3.63, 3.8) is 0 Å². The highest BCUT2D eigenvalue weighted by molar-refractivity contribution is 5.82. The largest absolute Gasteiger partial charge is 0.502 e. The van der Waals surface area contributed by atoms with E-state index in [1.807, 2.05) is 0 Å². The fraction of sp³-hybridized carbons (Fsp3) is 0.364. The molecule has 0 bridgehead atoms. The van der Waals surface area contributed by atoms with Crippen molar-refractivity contribution in [1.82, 2.24) is 4.90 Å². The first kappa shape index (κ1) is 14.1. The van der Waals surface area contributed by atoms with Crippen LogP contribution in [0.3, 0.4) is 0 Å². The Kier molecular flexibility index (Phi) is 3.28. The summed E-state index contributed by atoms with van der Waals surface area (Å²) in [4.78, 5) is 21.6. The van der Waals surface area contributed by atoms with Gasteiger partial charge >= 0.3 is 17.8 Å². The Hall–Kier alpha value is -2.32. The molecule has 108 valence electrons. The van der Waals surface area contributed by atoms with Crippen molar-refractivity contribution in [2.24, 2.45) is 0 Å². The van der Waals surface area contributed by atoms with Gasteiger partial charge < -0.3 is 10.0 Å². The number of nitrogens with zero attached hydrogens (tertiary/aromatic N) is 2. The van der Waals surface area contributed by atoms with E-state index in [2.05, 4.69) is 0 Å². The van der Waals surface area contributed by atoms with Crippen LogP contribution in [0.15, 0.2) is 12.1 Å². The molecule has 0 unspecified atom stereocenters. The van der Waals surface area contributed by atoms with Crippen LogP contribution in [0.5, 0.6) is 5.75 Å². The van der Waals surface area contributed by atoms with Crippen LogP contribution in [-0.2, 0) is 17.8 Å². The Morgan fingerprint density at radius 1 is 1.35 bits per heavy atom. The van der Waals surface area contributed by atoms with Gasteiger partial charge in [0.25, 0.3) is 0 Å². The van der Waals surface area contributed by atoms with Gasteiger partial charge in [-0.2, -0.15) is 13.2 Å². The predicted octanol–water partition coefficient (Wildman–Crippen LogP) is 1.75. The first-order valence-corrected chi connectivity index (χ1v) is 5.55. The van der Waals surface area contributed by atoms with Crippen LogP contribution >= 0.6 is 0 Å². The molecule has 1 aliphatic rings. The van der Waals surface area contributed by atoms with Crippen molar-refractivity contribution < 1.29 is 28.0 Å². The van der Waals surface area contributed by atoms with Crippen molar-refractivity contribution in [2.45, 2.75) is 19.1 Å². The van der Waals surface area contributed by atoms with Gasteiger partial charge in [0.2, 0.25) is 0 Å². The molecule has 0 aliphatic carbocycles. The minimum Gasteiger partial charge on any atom is -0.502 e. The summed E-state index contributed by atoms with van der Waals surface area (Å²) >= 11 is 0. The molecule has 0 saturated heterocycles. The van der Waals surface area contributed by atoms with E-state index in [1.54, 1.807) is 0 Å². The number of nitro benzene ring substituents is 1. The lowest BCUT2D eigenvalue weighted by atomic mass is 9.98. The van der Waals surface area contributed by atoms with Crippen LogP contribution in [0, 0.1) is 10.1 Å². The number of fused-ring (bicyclic) bond motifs is 1. The van der Waals surface area contributed by atoms with E-state index in [-0.39, 0.29) is 25.1 Å². The fourth-order valence-electron chi connectivity index (χ4n) is 2.08. The number of hydrogen-bond donors (Lipinski definition) is 1. The molecule has 1 aromatic rings. The van der Waals surface area contributed by atoms with Crippen LogP contribution in [-0.4, -0.2) is 33.6 Å². The van der Waals surface area contributed by atoms with Gasteiger partial charge in [-0.15, -0.1) is 0 Å². The third kappa shape index (κ3) is 2.51. The third-order valence-electron chi connectivity index (χ3n) is 3.04. The average molecular weight is 290 g/mol. The van der Waals surface area contributed by atoms with Crippen molar-refractivity contribution >= 4 is 11.6 Å². The van der Waals surface area contributed by atoms with Crippen molar-refractivity contribution in [3.8, 4) is 5.75 Å². The van der Waals surface area contributed by atoms with Gasteiger partial charge in [0.1, 0.15) is 0 Å². The summed E-state index contributed by atoms with van der Waals surface area (Å²) in [5.41, 5.74) is 0.233. The molecule has 0 saturated carbocycles. The number of benzene rings is 1. The number of alkyl halides is 3. The second-order valence-corrected chi connectivity index (χ2v) is 4.34. The zero-order chi connectivity index (χ0) is 15.1. The Labute approximate surface area is 110 Å². The molecule has 0 aromatic heterocycles. The lowest BCUT2D eigenvalue weighted by Crippen LogP contribution is -2.43. The Bertz CT molecular complexity index is 586. The summed E-state index contributed by atoms with van der Waals surface area (Å²) in [5, 5.41) is 20.1. The summed E-state index contributed by atoms with van der Waals surface area (Å²) in [6.07, 6.45) is -4.89. The van der Waals surface area contributed by atoms with E-state index in [1.165, 1.54) is 0 Å². The second-order valence-electron chi connectivity index (χ2n) is 4.34. The average Bonchev–Trinajstić information content (AvgIpc) is 2.34. The molecule has 2 rings (SSSR count). The van der Waals surface area contributed by atoms with E-state index in [0.717, 1.165) is 12.1 Å². The molecular weight excluding hydrogens is 281 g/mol. The number of aromatic hydroxyl groups is 1. The van der Waals surface area contributed by atoms with Crippen molar-refractivity contribution in [2.75, 3.05) is 6.54 Å². The number of carbonyl (C=O) groups is 1. The molecule has 0 radical (unpaired) electrons. The van der Waals surface area contributed by atoms with E-state index in [4.69, 9.17) is 0 Å². The number of nitro groups is 1. The zero-order valence-electron chi connectivity index (χ0n) is 9.98. The number of hydrogen-bond acceptors (Lipinski definition) is 4. The minimum absolute atomic E-state index is 0.0677. The number of amides is 1. The molecule has 6 nitrogen and oxygen atoms in total. The molecule has 0 atom stereocenters. The maximum absolute atomic E-state index is 12.3. The summed E-state index contributed by atoms with van der Waals surface area (Å²) < 4.78 is 37.0. The van der Waals surface area contributed by atoms with E-state index >= 15 is 0 Å². The maximum Gasteiger partial charge on any atom is 0.471 e. The topological polar surface area (TPSA) is 83.7 Å². The molecule has 0 spiro atoms. The summed E-state index contributed by atoms with van der Waals surface area (Å²) in [5.74, 6) is -2.59. The highest BCUT2D eigenvalue weighted by Gasteiger charge is 2.43. The van der Waals surface area contributed by atoms with Gasteiger partial charge in [0.05, 0.1) is 4.92 Å². The highest BCUT2D eigenvalue weighted by Crippen LogP contribution is 2.33. The van der Waals surface area contributed by atoms with Crippen LogP contribution in [0.4, 0.5) is 18.9 Å². The minimum atomic E-state index is -4.96. The lowest BCUT2D eigenvalue weighted by Gasteiger charge is -2.29. The molecule has 1 heterocycles. The lowest BCUT2D eigenvalue weighted by molar-refractivity contribution is -0.385. The summed E-state index contributed by atoms with van der Waals surface area (Å²) in [6, 6.07) is 2.16. The molecule has 0 fully saturated rings. The smallest absolute Gasteiger partial charge is 0.471 e. The summed E-state index contributed by atoms with van der Waals surface area (Å²) in [7, 11) is 0. The Balaban J connectivity index is 2.30. The van der Waals surface area contributed by atoms with Crippen LogP contribution in [0.1, 0.15) is 11.1 Å². The standard InChI is InChI=1S/C11H9F3N2O4/c12-11(13,14)10(18)15-2-1-6-3-8(16(19)20)9(17)4-7(6)5-15/h3-4,17H,1-2,5H2. The van der Waals surface area contributed by atoms with Crippen molar-refractivity contribution in [1.29, 1.82) is 0 Å². The van der Waals surface area contributed by atoms with Gasteiger partial charge in [-0.1, -0.05) is 0 Å². The molecule has 1 aromatic carbocycles. The highest BCUT2D eigenvalue weighted by atomic mass is 19.4. The molecule has 1 aliphatic heterocycles. The zero-order valence-corrected chi connectivity index (χ0v) is 9.98. The van der Waals surface area contributed by atoms with Crippen LogP contribution < -0.4 is 0 Å². The van der Waals surface area contributed by atoms with Gasteiger partial charge in [-0.3, -0.25) is 14.9 Å². The number of phenols is 1. The molecular formula is C11H9F3N2O4. The maximum atomic E-state index is 12.3. The van der Waals surface area contributed by atoms with Gasteiger partial charge in [0, 0.05) is 19.2 Å². The van der Waals surface area contributed by atoms with E-state index < -0.39 is 28.4 Å². The first-order chi connectivity index (χ1) is 9.20. The Morgan fingerprint density at radius 2 is 2.00 bits per heavy atom. The quantitative estimate of drug-likeness (QED) is 0.631. The number of carbonyl (C=O) groups excluding carboxylic acids is 1. The monoisotopic (exact) mass is 290 g/mol. The van der Waals surface area contributed by atoms with Crippen molar-refractivity contribution in [3.05, 3.63) is 33.4 Å². The molecule has 1 N–H and O–H groups in total. The SMILES string of the molecule is O=C(N1CCc2cc([N+](=O)[O-])c(O)cc2C1)C(F)(F)F. The number of phenolic OH excluding ortho intramolecular Hbond substituents is 1. The Morgan fingerprint density at radius 3 is 2.55 bits per heavy atom. The third-order valence-corrected chi connectivity index (χ3v) is 3.04. The first-order valence-electron chi connectivity index (χ1n) is 5.55. The van der Waals surface area contributed by atoms with Gasteiger partial charge in [0.15, 0.2) is 5.75 Å². The number of rotatable bonds is 1. The normalized spacial score (nSPS) is 14.8.